The Bertz CT molecular complexity index is 419. The number of nitrogens with one attached hydrogen (secondary N) is 1. The monoisotopic (exact) mass is 194 g/mol. The average molecular weight is 194 g/mol. The van der Waals surface area contributed by atoms with Crippen molar-refractivity contribution in [3.8, 4) is 11.3 Å². The summed E-state index contributed by atoms with van der Waals surface area (Å²) in [6.45, 7) is 0. The van der Waals surface area contributed by atoms with Crippen molar-refractivity contribution >= 4 is 17.3 Å². The summed E-state index contributed by atoms with van der Waals surface area (Å²) in [6.07, 6.45) is 3.13. The molecule has 0 unspecified atom stereocenters. The predicted molar refractivity (Wildman–Crippen MR) is 48.9 cm³/mol. The lowest BCUT2D eigenvalue weighted by atomic mass is 10.2. The number of carboxylic acid groups (broad SMARTS) is 1. The van der Waals surface area contributed by atoms with E-state index in [0.717, 1.165) is 5.69 Å². The standard InChI is InChI=1S/C8H6N2O2S/c11-8(12)7-5(1-2-13-7)6-3-9-4-10-6/h1-4H,(H,9,10)(H,11,12). The first kappa shape index (κ1) is 8.00. The quantitative estimate of drug-likeness (QED) is 0.766. The molecule has 0 spiro atoms. The van der Waals surface area contributed by atoms with Crippen LogP contribution < -0.4 is 0 Å². The van der Waals surface area contributed by atoms with Crippen LogP contribution in [0.3, 0.4) is 0 Å². The van der Waals surface area contributed by atoms with Crippen molar-refractivity contribution in [2.75, 3.05) is 0 Å². The molecule has 0 bridgehead atoms. The van der Waals surface area contributed by atoms with Gasteiger partial charge in [0.15, 0.2) is 0 Å². The number of carboxylic acids is 1. The topological polar surface area (TPSA) is 66.0 Å². The van der Waals surface area contributed by atoms with Gasteiger partial charge in [-0.3, -0.25) is 0 Å². The number of aromatic nitrogens is 2. The molecule has 0 aromatic carbocycles. The minimum Gasteiger partial charge on any atom is -0.477 e. The van der Waals surface area contributed by atoms with Crippen LogP contribution >= 0.6 is 11.3 Å². The lowest BCUT2D eigenvalue weighted by Crippen LogP contribution is -1.94. The third-order valence-electron chi connectivity index (χ3n) is 1.65. The SMILES string of the molecule is O=C(O)c1sccc1-c1cnc[nH]1. The van der Waals surface area contributed by atoms with Gasteiger partial charge in [-0.1, -0.05) is 0 Å². The number of hydrogen-bond acceptors (Lipinski definition) is 3. The molecule has 2 rings (SSSR count). The third-order valence-corrected chi connectivity index (χ3v) is 2.55. The van der Waals surface area contributed by atoms with E-state index in [9.17, 15) is 4.79 Å². The molecule has 13 heavy (non-hydrogen) atoms. The van der Waals surface area contributed by atoms with Crippen molar-refractivity contribution in [2.45, 2.75) is 0 Å². The highest BCUT2D eigenvalue weighted by molar-refractivity contribution is 7.12. The van der Waals surface area contributed by atoms with E-state index in [2.05, 4.69) is 9.97 Å². The molecule has 2 aromatic rings. The minimum atomic E-state index is -0.903. The van der Waals surface area contributed by atoms with E-state index in [-0.39, 0.29) is 0 Å². The van der Waals surface area contributed by atoms with Gasteiger partial charge in [0, 0.05) is 5.56 Å². The van der Waals surface area contributed by atoms with Crippen molar-refractivity contribution in [3.05, 3.63) is 28.8 Å². The summed E-state index contributed by atoms with van der Waals surface area (Å²) in [6, 6.07) is 1.77. The summed E-state index contributed by atoms with van der Waals surface area (Å²) in [4.78, 5) is 17.8. The smallest absolute Gasteiger partial charge is 0.346 e. The van der Waals surface area contributed by atoms with E-state index in [4.69, 9.17) is 5.11 Å². The number of H-pyrrole nitrogens is 1. The zero-order chi connectivity index (χ0) is 9.26. The molecule has 0 aliphatic carbocycles. The van der Waals surface area contributed by atoms with Gasteiger partial charge in [-0.05, 0) is 11.4 Å². The van der Waals surface area contributed by atoms with Crippen molar-refractivity contribution < 1.29 is 9.90 Å². The summed E-state index contributed by atoms with van der Waals surface area (Å²) < 4.78 is 0. The Morgan fingerprint density at radius 3 is 3.08 bits per heavy atom. The molecule has 0 aliphatic heterocycles. The fourth-order valence-corrected chi connectivity index (χ4v) is 1.84. The predicted octanol–water partition coefficient (Wildman–Crippen LogP) is 1.84. The summed E-state index contributed by atoms with van der Waals surface area (Å²) >= 11 is 1.21. The van der Waals surface area contributed by atoms with Gasteiger partial charge in [-0.2, -0.15) is 0 Å². The summed E-state index contributed by atoms with van der Waals surface area (Å²) in [5, 5.41) is 10.6. The van der Waals surface area contributed by atoms with Crippen LogP contribution in [-0.4, -0.2) is 21.0 Å². The summed E-state index contributed by atoms with van der Waals surface area (Å²) in [5.41, 5.74) is 1.42. The van der Waals surface area contributed by atoms with Crippen LogP contribution in [0.4, 0.5) is 0 Å². The molecular weight excluding hydrogens is 188 g/mol. The molecule has 66 valence electrons. The van der Waals surface area contributed by atoms with Crippen molar-refractivity contribution in [2.24, 2.45) is 0 Å². The van der Waals surface area contributed by atoms with Crippen LogP contribution in [0.2, 0.25) is 0 Å². The maximum atomic E-state index is 10.8. The fourth-order valence-electron chi connectivity index (χ4n) is 1.09. The maximum Gasteiger partial charge on any atom is 0.346 e. The first-order chi connectivity index (χ1) is 6.29. The molecule has 0 saturated carbocycles. The van der Waals surface area contributed by atoms with E-state index >= 15 is 0 Å². The van der Waals surface area contributed by atoms with Gasteiger partial charge < -0.3 is 10.1 Å². The van der Waals surface area contributed by atoms with Crippen LogP contribution in [0.15, 0.2) is 24.0 Å². The van der Waals surface area contributed by atoms with Crippen LogP contribution in [0.25, 0.3) is 11.3 Å². The highest BCUT2D eigenvalue weighted by Gasteiger charge is 2.13. The first-order valence-electron chi connectivity index (χ1n) is 3.58. The molecule has 5 heteroatoms. The van der Waals surface area contributed by atoms with Crippen LogP contribution in [0, 0.1) is 0 Å². The Balaban J connectivity index is 2.52. The lowest BCUT2D eigenvalue weighted by molar-refractivity contribution is 0.0703. The first-order valence-corrected chi connectivity index (χ1v) is 4.46. The van der Waals surface area contributed by atoms with E-state index < -0.39 is 5.97 Å². The zero-order valence-electron chi connectivity index (χ0n) is 6.52. The van der Waals surface area contributed by atoms with Gasteiger partial charge in [-0.25, -0.2) is 9.78 Å². The molecular formula is C8H6N2O2S. The van der Waals surface area contributed by atoms with Crippen molar-refractivity contribution in [3.63, 3.8) is 0 Å². The molecule has 0 atom stereocenters. The van der Waals surface area contributed by atoms with E-state index in [1.54, 1.807) is 17.6 Å². The van der Waals surface area contributed by atoms with Crippen molar-refractivity contribution in [1.82, 2.24) is 9.97 Å². The second kappa shape index (κ2) is 3.02. The van der Waals surface area contributed by atoms with Crippen molar-refractivity contribution in [1.29, 1.82) is 0 Å². The van der Waals surface area contributed by atoms with Crippen LogP contribution in [0.1, 0.15) is 9.67 Å². The Morgan fingerprint density at radius 1 is 1.62 bits per heavy atom. The highest BCUT2D eigenvalue weighted by atomic mass is 32.1. The highest BCUT2D eigenvalue weighted by Crippen LogP contribution is 2.26. The third kappa shape index (κ3) is 1.33. The van der Waals surface area contributed by atoms with Gasteiger partial charge in [0.2, 0.25) is 0 Å². The average Bonchev–Trinajstić information content (AvgIpc) is 2.74. The number of nitrogens with zero attached hydrogens (tertiary/aromatic N) is 1. The maximum absolute atomic E-state index is 10.8. The van der Waals surface area contributed by atoms with Gasteiger partial charge in [0.1, 0.15) is 4.88 Å². The van der Waals surface area contributed by atoms with Crippen LogP contribution in [-0.2, 0) is 0 Å². The minimum absolute atomic E-state index is 0.337. The lowest BCUT2D eigenvalue weighted by Gasteiger charge is -1.94. The Labute approximate surface area is 77.9 Å². The molecule has 2 N–H and O–H groups in total. The number of imidazole rings is 1. The van der Waals surface area contributed by atoms with Gasteiger partial charge >= 0.3 is 5.97 Å². The zero-order valence-corrected chi connectivity index (χ0v) is 7.34. The van der Waals surface area contributed by atoms with Gasteiger partial charge in [0.05, 0.1) is 18.2 Å². The molecule has 0 saturated heterocycles. The number of thiophene rings is 1. The molecule has 0 fully saturated rings. The Morgan fingerprint density at radius 2 is 2.46 bits per heavy atom. The molecule has 2 aromatic heterocycles. The van der Waals surface area contributed by atoms with Gasteiger partial charge in [0.25, 0.3) is 0 Å². The van der Waals surface area contributed by atoms with Crippen LogP contribution in [0.5, 0.6) is 0 Å². The van der Waals surface area contributed by atoms with Gasteiger partial charge in [-0.15, -0.1) is 11.3 Å². The summed E-state index contributed by atoms with van der Waals surface area (Å²) in [5.74, 6) is -0.903. The number of aromatic amines is 1. The Kier molecular flexibility index (Phi) is 1.86. The largest absolute Gasteiger partial charge is 0.477 e. The number of rotatable bonds is 2. The summed E-state index contributed by atoms with van der Waals surface area (Å²) in [7, 11) is 0. The van der Waals surface area contributed by atoms with E-state index in [1.165, 1.54) is 17.7 Å². The normalized spacial score (nSPS) is 10.2. The number of aromatic carboxylic acids is 1. The number of carbonyl (C=O) groups is 1. The number of hydrogen-bond donors (Lipinski definition) is 2. The molecule has 4 nitrogen and oxygen atoms in total. The van der Waals surface area contributed by atoms with E-state index in [0.29, 0.717) is 10.4 Å². The molecule has 0 radical (unpaired) electrons. The molecule has 0 aliphatic rings. The molecule has 2 heterocycles. The van der Waals surface area contributed by atoms with E-state index in [1.807, 2.05) is 0 Å². The fraction of sp³-hybridized carbons (Fsp3) is 0. The molecule has 0 amide bonds. The second-order valence-electron chi connectivity index (χ2n) is 2.43. The Hall–Kier alpha value is -1.62. The second-order valence-corrected chi connectivity index (χ2v) is 3.35.